The van der Waals surface area contributed by atoms with Gasteiger partial charge in [0.05, 0.1) is 6.33 Å². The second kappa shape index (κ2) is 4.80. The molecule has 84 valence electrons. The van der Waals surface area contributed by atoms with Crippen LogP contribution in [0.15, 0.2) is 24.8 Å². The Balaban J connectivity index is 1.89. The van der Waals surface area contributed by atoms with Crippen LogP contribution < -0.4 is 11.1 Å². The third-order valence-corrected chi connectivity index (χ3v) is 2.14. The third kappa shape index (κ3) is 2.83. The first-order chi connectivity index (χ1) is 7.74. The van der Waals surface area contributed by atoms with E-state index in [1.54, 1.807) is 18.6 Å². The van der Waals surface area contributed by atoms with Crippen LogP contribution in [0, 0.1) is 0 Å². The molecule has 0 radical (unpaired) electrons. The maximum Gasteiger partial charge on any atom is 0.223 e. The Hall–Kier alpha value is -1.82. The van der Waals surface area contributed by atoms with E-state index in [0.29, 0.717) is 17.5 Å². The number of halogens is 1. The molecule has 6 nitrogen and oxygen atoms in total. The lowest BCUT2D eigenvalue weighted by Crippen LogP contribution is -2.11. The minimum atomic E-state index is 0.164. The fourth-order valence-corrected chi connectivity index (χ4v) is 1.45. The summed E-state index contributed by atoms with van der Waals surface area (Å²) >= 11 is 5.74. The predicted molar refractivity (Wildman–Crippen MR) is 62.2 cm³/mol. The molecule has 0 aliphatic rings. The molecule has 0 saturated carbocycles. The van der Waals surface area contributed by atoms with Gasteiger partial charge in [0.15, 0.2) is 0 Å². The molecule has 7 heteroatoms. The maximum atomic E-state index is 5.74. The topological polar surface area (TPSA) is 81.6 Å². The van der Waals surface area contributed by atoms with Gasteiger partial charge in [-0.1, -0.05) is 11.6 Å². The summed E-state index contributed by atoms with van der Waals surface area (Å²) in [5.74, 6) is 0.787. The molecular weight excluding hydrogens is 228 g/mol. The number of anilines is 2. The Morgan fingerprint density at radius 2 is 2.31 bits per heavy atom. The van der Waals surface area contributed by atoms with Gasteiger partial charge in [-0.15, -0.1) is 0 Å². The van der Waals surface area contributed by atoms with Gasteiger partial charge in [0.2, 0.25) is 5.95 Å². The minimum Gasteiger partial charge on any atom is -0.368 e. The Bertz CT molecular complexity index is 435. The molecule has 2 aromatic heterocycles. The summed E-state index contributed by atoms with van der Waals surface area (Å²) in [6.45, 7) is 1.50. The van der Waals surface area contributed by atoms with E-state index in [9.17, 15) is 0 Å². The van der Waals surface area contributed by atoms with Gasteiger partial charge in [-0.2, -0.15) is 4.98 Å². The van der Waals surface area contributed by atoms with Crippen LogP contribution in [-0.2, 0) is 6.54 Å². The van der Waals surface area contributed by atoms with Crippen molar-refractivity contribution in [2.24, 2.45) is 0 Å². The number of nitrogen functional groups attached to an aromatic ring is 1. The van der Waals surface area contributed by atoms with E-state index in [1.165, 1.54) is 0 Å². The van der Waals surface area contributed by atoms with Crippen molar-refractivity contribution in [2.45, 2.75) is 6.54 Å². The van der Waals surface area contributed by atoms with E-state index in [1.807, 2.05) is 10.8 Å². The second-order valence-electron chi connectivity index (χ2n) is 3.16. The number of hydrogen-bond donors (Lipinski definition) is 2. The van der Waals surface area contributed by atoms with E-state index < -0.39 is 0 Å². The molecule has 0 aromatic carbocycles. The summed E-state index contributed by atoms with van der Waals surface area (Å²) < 4.78 is 1.96. The quantitative estimate of drug-likeness (QED) is 0.778. The van der Waals surface area contributed by atoms with Crippen molar-refractivity contribution in [2.75, 3.05) is 17.6 Å². The van der Waals surface area contributed by atoms with Gasteiger partial charge in [0.25, 0.3) is 0 Å². The van der Waals surface area contributed by atoms with Crippen molar-refractivity contribution < 1.29 is 0 Å². The number of rotatable bonds is 4. The molecule has 0 spiro atoms. The molecule has 2 aromatic rings. The molecule has 2 rings (SSSR count). The van der Waals surface area contributed by atoms with E-state index >= 15 is 0 Å². The highest BCUT2D eigenvalue weighted by Gasteiger charge is 1.99. The predicted octanol–water partition coefficient (Wildman–Crippen LogP) is 1.02. The summed E-state index contributed by atoms with van der Waals surface area (Å²) in [5.41, 5.74) is 5.46. The number of imidazole rings is 1. The molecule has 16 heavy (non-hydrogen) atoms. The molecule has 0 bridgehead atoms. The van der Waals surface area contributed by atoms with Crippen molar-refractivity contribution >= 4 is 23.4 Å². The maximum absolute atomic E-state index is 5.74. The van der Waals surface area contributed by atoms with Crippen molar-refractivity contribution in [3.05, 3.63) is 29.9 Å². The van der Waals surface area contributed by atoms with Gasteiger partial charge in [-0.05, 0) is 0 Å². The molecule has 0 aliphatic carbocycles. The number of nitrogens with zero attached hydrogens (tertiary/aromatic N) is 4. The zero-order valence-electron chi connectivity index (χ0n) is 8.47. The van der Waals surface area contributed by atoms with Crippen LogP contribution in [-0.4, -0.2) is 26.1 Å². The summed E-state index contributed by atoms with van der Waals surface area (Å²) in [4.78, 5) is 11.7. The first kappa shape index (κ1) is 10.7. The van der Waals surface area contributed by atoms with Crippen LogP contribution in [0.1, 0.15) is 0 Å². The number of aromatic nitrogens is 4. The number of hydrogen-bond acceptors (Lipinski definition) is 5. The van der Waals surface area contributed by atoms with Crippen molar-refractivity contribution in [3.63, 3.8) is 0 Å². The smallest absolute Gasteiger partial charge is 0.223 e. The van der Waals surface area contributed by atoms with Gasteiger partial charge < -0.3 is 15.6 Å². The first-order valence-corrected chi connectivity index (χ1v) is 5.11. The fourth-order valence-electron chi connectivity index (χ4n) is 1.26. The van der Waals surface area contributed by atoms with Crippen LogP contribution in [0.25, 0.3) is 0 Å². The largest absolute Gasteiger partial charge is 0.368 e. The molecule has 0 saturated heterocycles. The van der Waals surface area contributed by atoms with Crippen molar-refractivity contribution in [1.82, 2.24) is 19.5 Å². The second-order valence-corrected chi connectivity index (χ2v) is 3.55. The highest BCUT2D eigenvalue weighted by molar-refractivity contribution is 6.29. The minimum absolute atomic E-state index is 0.164. The van der Waals surface area contributed by atoms with Crippen LogP contribution in [0.2, 0.25) is 5.15 Å². The van der Waals surface area contributed by atoms with Crippen LogP contribution >= 0.6 is 11.6 Å². The lowest BCUT2D eigenvalue weighted by Gasteiger charge is -2.06. The lowest BCUT2D eigenvalue weighted by atomic mass is 10.5. The van der Waals surface area contributed by atoms with E-state index in [4.69, 9.17) is 17.3 Å². The SMILES string of the molecule is Nc1nc(Cl)cc(NCCn2ccnc2)n1. The molecule has 0 aliphatic heterocycles. The number of nitrogens with one attached hydrogen (secondary N) is 1. The normalized spacial score (nSPS) is 10.3. The monoisotopic (exact) mass is 238 g/mol. The fraction of sp³-hybridized carbons (Fsp3) is 0.222. The highest BCUT2D eigenvalue weighted by atomic mass is 35.5. The third-order valence-electron chi connectivity index (χ3n) is 1.95. The molecule has 2 heterocycles. The van der Waals surface area contributed by atoms with Gasteiger partial charge >= 0.3 is 0 Å². The zero-order chi connectivity index (χ0) is 11.4. The molecule has 3 N–H and O–H groups in total. The van der Waals surface area contributed by atoms with Crippen LogP contribution in [0.4, 0.5) is 11.8 Å². The average Bonchev–Trinajstić information content (AvgIpc) is 2.69. The Morgan fingerprint density at radius 1 is 1.44 bits per heavy atom. The lowest BCUT2D eigenvalue weighted by molar-refractivity contribution is 0.725. The van der Waals surface area contributed by atoms with Gasteiger partial charge in [0, 0.05) is 31.5 Å². The van der Waals surface area contributed by atoms with Gasteiger partial charge in [-0.25, -0.2) is 9.97 Å². The Labute approximate surface area is 97.5 Å². The summed E-state index contributed by atoms with van der Waals surface area (Å²) in [6.07, 6.45) is 5.38. The van der Waals surface area contributed by atoms with Gasteiger partial charge in [0.1, 0.15) is 11.0 Å². The summed E-state index contributed by atoms with van der Waals surface area (Å²) in [6, 6.07) is 1.63. The molecule has 0 amide bonds. The number of nitrogens with two attached hydrogens (primary N) is 1. The average molecular weight is 239 g/mol. The summed E-state index contributed by atoms with van der Waals surface area (Å²) in [7, 11) is 0. The molecule has 0 atom stereocenters. The van der Waals surface area contributed by atoms with E-state index in [0.717, 1.165) is 6.54 Å². The van der Waals surface area contributed by atoms with Crippen molar-refractivity contribution in [1.29, 1.82) is 0 Å². The van der Waals surface area contributed by atoms with Crippen molar-refractivity contribution in [3.8, 4) is 0 Å². The first-order valence-electron chi connectivity index (χ1n) is 4.74. The van der Waals surface area contributed by atoms with Crippen LogP contribution in [0.5, 0.6) is 0 Å². The molecular formula is C9H11ClN6. The van der Waals surface area contributed by atoms with Gasteiger partial charge in [-0.3, -0.25) is 0 Å². The van der Waals surface area contributed by atoms with E-state index in [2.05, 4.69) is 20.3 Å². The zero-order valence-corrected chi connectivity index (χ0v) is 9.22. The van der Waals surface area contributed by atoms with Crippen LogP contribution in [0.3, 0.4) is 0 Å². The molecule has 0 unspecified atom stereocenters. The Morgan fingerprint density at radius 3 is 3.00 bits per heavy atom. The van der Waals surface area contributed by atoms with E-state index in [-0.39, 0.29) is 5.95 Å². The highest BCUT2D eigenvalue weighted by Crippen LogP contribution is 2.11. The summed E-state index contributed by atoms with van der Waals surface area (Å²) in [5, 5.41) is 3.43. The Kier molecular flexibility index (Phi) is 3.21. The standard InChI is InChI=1S/C9H11ClN6/c10-7-5-8(15-9(11)14-7)13-2-4-16-3-1-12-6-16/h1,3,5-6H,2,4H2,(H3,11,13,14,15). The molecule has 0 fully saturated rings.